The first-order chi connectivity index (χ1) is 9.63. The predicted octanol–water partition coefficient (Wildman–Crippen LogP) is 3.15. The topological polar surface area (TPSA) is 49.0 Å². The van der Waals surface area contributed by atoms with Crippen LogP contribution in [0, 0.1) is 18.3 Å². The lowest BCUT2D eigenvalue weighted by atomic mass is 10.0. The molecule has 1 amide bonds. The molecule has 1 fully saturated rings. The van der Waals surface area contributed by atoms with E-state index in [1.165, 1.54) is 0 Å². The molecule has 0 radical (unpaired) electrons. The van der Waals surface area contributed by atoms with Gasteiger partial charge in [0.25, 0.3) is 0 Å². The summed E-state index contributed by atoms with van der Waals surface area (Å²) >= 11 is 0. The van der Waals surface area contributed by atoms with Crippen molar-refractivity contribution in [3.05, 3.63) is 18.2 Å². The molecular weight excluding hydrogens is 250 g/mol. The number of likely N-dealkylation sites (tertiary alicyclic amines) is 1. The van der Waals surface area contributed by atoms with Crippen LogP contribution in [0.3, 0.4) is 0 Å². The fourth-order valence-corrected chi connectivity index (χ4v) is 2.37. The first-order valence-corrected chi connectivity index (χ1v) is 7.30. The number of terminal acetylenes is 1. The lowest BCUT2D eigenvalue weighted by Gasteiger charge is -2.24. The molecule has 2 unspecified atom stereocenters. The summed E-state index contributed by atoms with van der Waals surface area (Å²) in [5, 5.41) is 0. The Labute approximate surface area is 122 Å². The van der Waals surface area contributed by atoms with Gasteiger partial charge < -0.3 is 9.88 Å². The minimum atomic E-state index is 0.168. The van der Waals surface area contributed by atoms with Crippen LogP contribution in [0.4, 0.5) is 0 Å². The van der Waals surface area contributed by atoms with Gasteiger partial charge in [-0.3, -0.25) is 4.79 Å². The molecule has 2 atom stereocenters. The molecule has 1 aromatic heterocycles. The molecule has 1 aliphatic rings. The molecule has 2 rings (SSSR count). The molecule has 1 aromatic rings. The Morgan fingerprint density at radius 1 is 1.70 bits per heavy atom. The largest absolute Gasteiger partial charge is 0.347 e. The van der Waals surface area contributed by atoms with Gasteiger partial charge in [-0.15, -0.1) is 12.3 Å². The highest BCUT2D eigenvalue weighted by atomic mass is 16.2. The van der Waals surface area contributed by atoms with E-state index >= 15 is 0 Å². The van der Waals surface area contributed by atoms with Crippen molar-refractivity contribution in [2.75, 3.05) is 6.54 Å². The summed E-state index contributed by atoms with van der Waals surface area (Å²) in [5.41, 5.74) is 0. The van der Waals surface area contributed by atoms with E-state index in [4.69, 9.17) is 0 Å². The van der Waals surface area contributed by atoms with E-state index < -0.39 is 0 Å². The maximum Gasteiger partial charge on any atom is 0.223 e. The van der Waals surface area contributed by atoms with Crippen LogP contribution < -0.4 is 0 Å². The summed E-state index contributed by atoms with van der Waals surface area (Å²) in [5.74, 6) is 3.93. The van der Waals surface area contributed by atoms with Gasteiger partial charge in [-0.2, -0.15) is 0 Å². The summed E-state index contributed by atoms with van der Waals surface area (Å²) in [6.45, 7) is 6.79. The third-order valence-electron chi connectivity index (χ3n) is 3.63. The Bertz CT molecular complexity index is 433. The van der Waals surface area contributed by atoms with Crippen molar-refractivity contribution >= 4 is 5.91 Å². The highest BCUT2D eigenvalue weighted by Crippen LogP contribution is 2.30. The zero-order valence-corrected chi connectivity index (χ0v) is 12.7. The molecule has 0 bridgehead atoms. The number of carbonyl (C=O) groups is 1. The fourth-order valence-electron chi connectivity index (χ4n) is 2.37. The predicted molar refractivity (Wildman–Crippen MR) is 80.9 cm³/mol. The summed E-state index contributed by atoms with van der Waals surface area (Å²) < 4.78 is 0. The van der Waals surface area contributed by atoms with Crippen molar-refractivity contribution in [1.82, 2.24) is 14.9 Å². The van der Waals surface area contributed by atoms with Gasteiger partial charge in [0.2, 0.25) is 5.91 Å². The van der Waals surface area contributed by atoms with Gasteiger partial charge >= 0.3 is 0 Å². The number of aromatic nitrogens is 2. The number of carbonyl (C=O) groups excluding carboxylic acids is 1. The monoisotopic (exact) mass is 275 g/mol. The zero-order chi connectivity index (χ0) is 15.0. The number of amides is 1. The van der Waals surface area contributed by atoms with Gasteiger partial charge in [-0.1, -0.05) is 20.3 Å². The smallest absolute Gasteiger partial charge is 0.223 e. The summed E-state index contributed by atoms with van der Waals surface area (Å²) in [4.78, 5) is 21.6. The molecule has 1 N–H and O–H groups in total. The third-order valence-corrected chi connectivity index (χ3v) is 3.63. The number of nitrogens with zero attached hydrogens (tertiary/aromatic N) is 2. The van der Waals surface area contributed by atoms with E-state index in [0.29, 0.717) is 12.3 Å². The average Bonchev–Trinajstić information content (AvgIpc) is 3.09. The lowest BCUT2D eigenvalue weighted by molar-refractivity contribution is -0.133. The van der Waals surface area contributed by atoms with Crippen LogP contribution in [0.25, 0.3) is 0 Å². The highest BCUT2D eigenvalue weighted by molar-refractivity contribution is 5.77. The van der Waals surface area contributed by atoms with E-state index in [9.17, 15) is 4.79 Å². The maximum absolute atomic E-state index is 12.2. The van der Waals surface area contributed by atoms with E-state index in [-0.39, 0.29) is 11.9 Å². The Morgan fingerprint density at radius 2 is 2.40 bits per heavy atom. The highest BCUT2D eigenvalue weighted by Gasteiger charge is 2.31. The van der Waals surface area contributed by atoms with E-state index in [1.807, 2.05) is 11.1 Å². The molecule has 2 heterocycles. The minimum absolute atomic E-state index is 0.168. The second-order valence-corrected chi connectivity index (χ2v) is 5.23. The van der Waals surface area contributed by atoms with E-state index in [2.05, 4.69) is 36.2 Å². The number of rotatable bonds is 4. The molecule has 1 saturated heterocycles. The summed E-state index contributed by atoms with van der Waals surface area (Å²) in [6, 6.07) is 0.168. The van der Waals surface area contributed by atoms with Crippen molar-refractivity contribution in [2.24, 2.45) is 5.92 Å². The van der Waals surface area contributed by atoms with Crippen molar-refractivity contribution in [2.45, 2.75) is 52.5 Å². The van der Waals surface area contributed by atoms with E-state index in [1.54, 1.807) is 13.1 Å². The van der Waals surface area contributed by atoms with Crippen LogP contribution in [0.5, 0.6) is 0 Å². The second-order valence-electron chi connectivity index (χ2n) is 5.23. The number of H-pyrrole nitrogens is 1. The number of aromatic amines is 1. The Balaban J connectivity index is 0.000000612. The molecular formula is C16H25N3O. The van der Waals surface area contributed by atoms with Crippen molar-refractivity contribution in [3.63, 3.8) is 0 Å². The number of imidazole rings is 1. The summed E-state index contributed by atoms with van der Waals surface area (Å²) in [6.07, 6.45) is 12.0. The molecule has 4 nitrogen and oxygen atoms in total. The normalized spacial score (nSPS) is 18.9. The molecule has 110 valence electrons. The minimum Gasteiger partial charge on any atom is -0.347 e. The Kier molecular flexibility index (Phi) is 6.86. The van der Waals surface area contributed by atoms with Gasteiger partial charge in [0.05, 0.1) is 6.04 Å². The first-order valence-electron chi connectivity index (χ1n) is 7.30. The standard InChI is InChI=1S/C13H21N3O.C3H4/c1-3-10(2)9-12(17)16-8-4-5-11(16)13-14-6-7-15-13;1-3-2/h6-7,10-11H,3-5,8-9H2,1-2H3,(H,14,15);1H,2H3. The third kappa shape index (κ3) is 4.41. The fraction of sp³-hybridized carbons (Fsp3) is 0.625. The molecule has 20 heavy (non-hydrogen) atoms. The van der Waals surface area contributed by atoms with Gasteiger partial charge in [0, 0.05) is 25.4 Å². The van der Waals surface area contributed by atoms with Crippen LogP contribution in [-0.4, -0.2) is 27.3 Å². The molecule has 0 spiro atoms. The Hall–Kier alpha value is -1.76. The van der Waals surface area contributed by atoms with Gasteiger partial charge in [0.1, 0.15) is 5.82 Å². The molecule has 0 aromatic carbocycles. The Morgan fingerprint density at radius 3 is 2.95 bits per heavy atom. The summed E-state index contributed by atoms with van der Waals surface area (Å²) in [7, 11) is 0. The molecule has 4 heteroatoms. The van der Waals surface area contributed by atoms with Crippen molar-refractivity contribution in [3.8, 4) is 12.3 Å². The second kappa shape index (κ2) is 8.42. The van der Waals surface area contributed by atoms with Gasteiger partial charge in [0.15, 0.2) is 0 Å². The maximum atomic E-state index is 12.2. The van der Waals surface area contributed by atoms with Gasteiger partial charge in [-0.25, -0.2) is 4.98 Å². The molecule has 0 aliphatic carbocycles. The average molecular weight is 275 g/mol. The van der Waals surface area contributed by atoms with Crippen LogP contribution in [0.1, 0.15) is 58.3 Å². The van der Waals surface area contributed by atoms with E-state index in [0.717, 1.165) is 31.6 Å². The number of nitrogens with one attached hydrogen (secondary N) is 1. The van der Waals surface area contributed by atoms with Crippen molar-refractivity contribution < 1.29 is 4.79 Å². The first kappa shape index (κ1) is 16.3. The lowest BCUT2D eigenvalue weighted by Crippen LogP contribution is -2.32. The zero-order valence-electron chi connectivity index (χ0n) is 12.7. The SMILES string of the molecule is C#CC.CCC(C)CC(=O)N1CCCC1c1ncc[nH]1. The van der Waals surface area contributed by atoms with Crippen LogP contribution in [0.15, 0.2) is 12.4 Å². The van der Waals surface area contributed by atoms with Crippen LogP contribution in [0.2, 0.25) is 0 Å². The van der Waals surface area contributed by atoms with Crippen LogP contribution >= 0.6 is 0 Å². The molecule has 0 saturated carbocycles. The quantitative estimate of drug-likeness (QED) is 0.858. The van der Waals surface area contributed by atoms with Gasteiger partial charge in [-0.05, 0) is 25.7 Å². The molecule has 1 aliphatic heterocycles. The number of hydrogen-bond acceptors (Lipinski definition) is 2. The number of hydrogen-bond donors (Lipinski definition) is 1. The van der Waals surface area contributed by atoms with Crippen molar-refractivity contribution in [1.29, 1.82) is 0 Å². The van der Waals surface area contributed by atoms with Crippen LogP contribution in [-0.2, 0) is 4.79 Å².